The van der Waals surface area contributed by atoms with Gasteiger partial charge in [-0.25, -0.2) is 0 Å². The van der Waals surface area contributed by atoms with Crippen molar-refractivity contribution >= 4 is 0 Å². The number of ether oxygens (including phenoxy) is 2. The molecule has 17 heavy (non-hydrogen) atoms. The lowest BCUT2D eigenvalue weighted by atomic mass is 9.88. The Morgan fingerprint density at radius 2 is 2.06 bits per heavy atom. The largest absolute Gasteiger partial charge is 0.376 e. The van der Waals surface area contributed by atoms with E-state index in [4.69, 9.17) is 9.47 Å². The molecule has 0 amide bonds. The van der Waals surface area contributed by atoms with E-state index >= 15 is 0 Å². The van der Waals surface area contributed by atoms with Crippen molar-refractivity contribution < 1.29 is 9.47 Å². The molecule has 94 valence electrons. The fourth-order valence-corrected chi connectivity index (χ4v) is 2.43. The zero-order chi connectivity index (χ0) is 11.9. The van der Waals surface area contributed by atoms with Crippen LogP contribution >= 0.6 is 0 Å². The molecule has 0 bridgehead atoms. The third kappa shape index (κ3) is 3.55. The zero-order valence-corrected chi connectivity index (χ0v) is 10.6. The summed E-state index contributed by atoms with van der Waals surface area (Å²) < 4.78 is 11.4. The Bertz CT molecular complexity index is 304. The highest BCUT2D eigenvalue weighted by Crippen LogP contribution is 2.29. The van der Waals surface area contributed by atoms with Gasteiger partial charge in [0.05, 0.1) is 25.9 Å². The van der Waals surface area contributed by atoms with Crippen molar-refractivity contribution in [3.8, 4) is 0 Å². The Balaban J connectivity index is 2.06. The highest BCUT2D eigenvalue weighted by Gasteiger charge is 2.25. The summed E-state index contributed by atoms with van der Waals surface area (Å²) in [6.07, 6.45) is 3.91. The van der Waals surface area contributed by atoms with Gasteiger partial charge in [0.2, 0.25) is 0 Å². The Morgan fingerprint density at radius 3 is 2.71 bits per heavy atom. The maximum absolute atomic E-state index is 5.87. The molecular weight excluding hydrogens is 212 g/mol. The van der Waals surface area contributed by atoms with Gasteiger partial charge >= 0.3 is 0 Å². The van der Waals surface area contributed by atoms with Gasteiger partial charge in [0.25, 0.3) is 0 Å². The minimum absolute atomic E-state index is 0.234. The Kier molecular flexibility index (Phi) is 5.02. The van der Waals surface area contributed by atoms with E-state index in [1.165, 1.54) is 24.8 Å². The van der Waals surface area contributed by atoms with E-state index in [1.807, 2.05) is 0 Å². The maximum atomic E-state index is 5.87. The van der Waals surface area contributed by atoms with Crippen molar-refractivity contribution in [2.75, 3.05) is 19.8 Å². The number of unbranched alkanes of at least 4 members (excludes halogenated alkanes) is 1. The van der Waals surface area contributed by atoms with E-state index in [-0.39, 0.29) is 6.10 Å². The summed E-state index contributed by atoms with van der Waals surface area (Å²) in [5.41, 5.74) is 1.39. The van der Waals surface area contributed by atoms with Gasteiger partial charge in [0, 0.05) is 5.92 Å². The van der Waals surface area contributed by atoms with Gasteiger partial charge in [-0.15, -0.1) is 0 Å². The second-order valence-electron chi connectivity index (χ2n) is 4.64. The third-order valence-corrected chi connectivity index (χ3v) is 3.39. The van der Waals surface area contributed by atoms with E-state index < -0.39 is 0 Å². The molecule has 0 radical (unpaired) electrons. The number of benzene rings is 1. The van der Waals surface area contributed by atoms with Crippen LogP contribution in [0.1, 0.15) is 37.7 Å². The van der Waals surface area contributed by atoms with Gasteiger partial charge in [0.15, 0.2) is 0 Å². The number of hydrogen-bond donors (Lipinski definition) is 0. The molecule has 2 heteroatoms. The maximum Gasteiger partial charge on any atom is 0.0877 e. The lowest BCUT2D eigenvalue weighted by Gasteiger charge is -2.30. The van der Waals surface area contributed by atoms with Crippen molar-refractivity contribution in [2.24, 2.45) is 0 Å². The van der Waals surface area contributed by atoms with Gasteiger partial charge in [-0.1, -0.05) is 50.1 Å². The average Bonchev–Trinajstić information content (AvgIpc) is 2.42. The monoisotopic (exact) mass is 234 g/mol. The minimum atomic E-state index is 0.234. The van der Waals surface area contributed by atoms with E-state index in [0.29, 0.717) is 5.92 Å². The molecule has 0 spiro atoms. The van der Waals surface area contributed by atoms with Gasteiger partial charge in [-0.05, 0) is 12.0 Å². The number of hydrogen-bond acceptors (Lipinski definition) is 2. The van der Waals surface area contributed by atoms with Crippen LogP contribution in [0.5, 0.6) is 0 Å². The molecular formula is C15H22O2. The van der Waals surface area contributed by atoms with Crippen molar-refractivity contribution in [3.05, 3.63) is 35.9 Å². The zero-order valence-electron chi connectivity index (χ0n) is 10.6. The normalized spacial score (nSPS) is 22.3. The lowest BCUT2D eigenvalue weighted by molar-refractivity contribution is -0.0992. The molecule has 1 aliphatic heterocycles. The predicted molar refractivity (Wildman–Crippen MR) is 69.3 cm³/mol. The van der Waals surface area contributed by atoms with Crippen LogP contribution in [0.4, 0.5) is 0 Å². The quantitative estimate of drug-likeness (QED) is 0.777. The topological polar surface area (TPSA) is 18.5 Å². The second-order valence-corrected chi connectivity index (χ2v) is 4.64. The molecule has 0 aliphatic carbocycles. The Labute approximate surface area is 104 Å². The molecule has 2 unspecified atom stereocenters. The first-order valence-corrected chi connectivity index (χ1v) is 6.66. The summed E-state index contributed by atoms with van der Waals surface area (Å²) in [6.45, 7) is 4.45. The fourth-order valence-electron chi connectivity index (χ4n) is 2.43. The number of rotatable bonds is 5. The molecule has 1 saturated heterocycles. The molecule has 2 nitrogen and oxygen atoms in total. The molecule has 1 heterocycles. The minimum Gasteiger partial charge on any atom is -0.376 e. The van der Waals surface area contributed by atoms with Crippen LogP contribution in [0.25, 0.3) is 0 Å². The SMILES string of the molecule is CCCCC(c1ccccc1)C1COCCO1. The van der Waals surface area contributed by atoms with Crippen LogP contribution in [0.2, 0.25) is 0 Å². The summed E-state index contributed by atoms with van der Waals surface area (Å²) in [4.78, 5) is 0. The van der Waals surface area contributed by atoms with Gasteiger partial charge < -0.3 is 9.47 Å². The van der Waals surface area contributed by atoms with Crippen molar-refractivity contribution in [1.82, 2.24) is 0 Å². The molecule has 1 aromatic carbocycles. The van der Waals surface area contributed by atoms with Gasteiger partial charge in [-0.3, -0.25) is 0 Å². The Morgan fingerprint density at radius 1 is 1.24 bits per heavy atom. The van der Waals surface area contributed by atoms with E-state index in [0.717, 1.165) is 19.8 Å². The van der Waals surface area contributed by atoms with Crippen LogP contribution in [0.15, 0.2) is 30.3 Å². The van der Waals surface area contributed by atoms with Gasteiger partial charge in [-0.2, -0.15) is 0 Å². The van der Waals surface area contributed by atoms with Crippen LogP contribution in [0, 0.1) is 0 Å². The van der Waals surface area contributed by atoms with E-state index in [9.17, 15) is 0 Å². The van der Waals surface area contributed by atoms with Crippen molar-refractivity contribution in [1.29, 1.82) is 0 Å². The molecule has 0 saturated carbocycles. The summed E-state index contributed by atoms with van der Waals surface area (Å²) >= 11 is 0. The molecule has 1 aromatic rings. The smallest absolute Gasteiger partial charge is 0.0877 e. The molecule has 2 atom stereocenters. The van der Waals surface area contributed by atoms with Crippen molar-refractivity contribution in [2.45, 2.75) is 38.2 Å². The average molecular weight is 234 g/mol. The summed E-state index contributed by atoms with van der Waals surface area (Å²) in [7, 11) is 0. The molecule has 1 fully saturated rings. The molecule has 0 N–H and O–H groups in total. The van der Waals surface area contributed by atoms with Crippen LogP contribution in [-0.2, 0) is 9.47 Å². The Hall–Kier alpha value is -0.860. The highest BCUT2D eigenvalue weighted by atomic mass is 16.6. The highest BCUT2D eigenvalue weighted by molar-refractivity contribution is 5.21. The van der Waals surface area contributed by atoms with Crippen LogP contribution in [-0.4, -0.2) is 25.9 Å². The van der Waals surface area contributed by atoms with Crippen molar-refractivity contribution in [3.63, 3.8) is 0 Å². The standard InChI is InChI=1S/C15H22O2/c1-2-3-9-14(13-7-5-4-6-8-13)15-12-16-10-11-17-15/h4-8,14-15H,2-3,9-12H2,1H3. The first kappa shape index (κ1) is 12.6. The molecule has 1 aliphatic rings. The third-order valence-electron chi connectivity index (χ3n) is 3.39. The lowest BCUT2D eigenvalue weighted by Crippen LogP contribution is -2.34. The summed E-state index contributed by atoms with van der Waals surface area (Å²) in [5, 5.41) is 0. The predicted octanol–water partition coefficient (Wildman–Crippen LogP) is 3.38. The van der Waals surface area contributed by atoms with Crippen LogP contribution in [0.3, 0.4) is 0 Å². The summed E-state index contributed by atoms with van der Waals surface area (Å²) in [5.74, 6) is 0.483. The van der Waals surface area contributed by atoms with E-state index in [2.05, 4.69) is 37.3 Å². The first-order chi connectivity index (χ1) is 8.42. The molecule has 2 rings (SSSR count). The van der Waals surface area contributed by atoms with Crippen LogP contribution < -0.4 is 0 Å². The second kappa shape index (κ2) is 6.77. The van der Waals surface area contributed by atoms with E-state index in [1.54, 1.807) is 0 Å². The fraction of sp³-hybridized carbons (Fsp3) is 0.600. The van der Waals surface area contributed by atoms with Gasteiger partial charge in [0.1, 0.15) is 0 Å². The first-order valence-electron chi connectivity index (χ1n) is 6.66. The molecule has 0 aromatic heterocycles. The summed E-state index contributed by atoms with van der Waals surface area (Å²) in [6, 6.07) is 10.7.